The average Bonchev–Trinajstić information content (AvgIpc) is 2.80. The maximum Gasteiger partial charge on any atom is 0.306 e. The highest BCUT2D eigenvalue weighted by Gasteiger charge is 2.36. The minimum Gasteiger partial charge on any atom is -0.481 e. The van der Waals surface area contributed by atoms with Crippen LogP contribution in [0.4, 0.5) is 0 Å². The first kappa shape index (κ1) is 29.3. The molecule has 0 aromatic heterocycles. The number of hydrogen-bond acceptors (Lipinski definition) is 7. The molecule has 2 fully saturated rings. The van der Waals surface area contributed by atoms with E-state index in [0.29, 0.717) is 25.3 Å². The molecule has 0 unspecified atom stereocenters. The predicted molar refractivity (Wildman–Crippen MR) is 140 cm³/mol. The fourth-order valence-corrected chi connectivity index (χ4v) is 6.15. The van der Waals surface area contributed by atoms with Gasteiger partial charge in [0.15, 0.2) is 0 Å². The summed E-state index contributed by atoms with van der Waals surface area (Å²) in [5.41, 5.74) is -1.43. The van der Waals surface area contributed by atoms with E-state index < -0.39 is 17.7 Å². The molecule has 3 aliphatic heterocycles. The van der Waals surface area contributed by atoms with E-state index in [-0.39, 0.29) is 42.6 Å². The molecule has 0 saturated carbocycles. The van der Waals surface area contributed by atoms with E-state index in [1.54, 1.807) is 0 Å². The van der Waals surface area contributed by atoms with Crippen LogP contribution in [0.5, 0.6) is 0 Å². The van der Waals surface area contributed by atoms with E-state index in [0.717, 1.165) is 64.3 Å². The Bertz CT molecular complexity index is 770. The fourth-order valence-electron chi connectivity index (χ4n) is 6.15. The maximum atomic E-state index is 11.5. The van der Waals surface area contributed by atoms with Crippen LogP contribution in [0.2, 0.25) is 0 Å². The lowest BCUT2D eigenvalue weighted by Gasteiger charge is -2.41. The molecule has 7 N–H and O–H groups in total. The first-order valence-electron chi connectivity index (χ1n) is 14.1. The van der Waals surface area contributed by atoms with Gasteiger partial charge in [0.1, 0.15) is 0 Å². The van der Waals surface area contributed by atoms with Crippen LogP contribution in [0, 0.1) is 17.8 Å². The minimum atomic E-state index is -1.27. The van der Waals surface area contributed by atoms with Gasteiger partial charge in [0.05, 0.1) is 24.2 Å². The normalized spacial score (nSPS) is 39.3. The number of aliphatic hydroxyl groups excluding tert-OH is 2. The fraction of sp³-hybridized carbons (Fsp3) is 0.893. The lowest BCUT2D eigenvalue weighted by atomic mass is 9.82. The van der Waals surface area contributed by atoms with Gasteiger partial charge in [-0.15, -0.1) is 5.92 Å². The quantitative estimate of drug-likeness (QED) is 0.260. The van der Waals surface area contributed by atoms with Crippen molar-refractivity contribution in [2.45, 2.75) is 139 Å². The molecule has 0 amide bonds. The smallest absolute Gasteiger partial charge is 0.306 e. The molecule has 0 spiro atoms. The number of hydrogen-bond donors (Lipinski definition) is 7. The molecule has 8 nitrogen and oxygen atoms in total. The Hall–Kier alpha value is -1.21. The molecule has 0 aromatic rings. The molecule has 2 saturated heterocycles. The van der Waals surface area contributed by atoms with Crippen LogP contribution in [-0.4, -0.2) is 81.0 Å². The van der Waals surface area contributed by atoms with Crippen molar-refractivity contribution >= 4 is 5.97 Å². The van der Waals surface area contributed by atoms with Crippen LogP contribution < -0.4 is 16.0 Å². The summed E-state index contributed by atoms with van der Waals surface area (Å²) in [5, 5.41) is 51.8. The minimum absolute atomic E-state index is 0.0867. The first-order chi connectivity index (χ1) is 17.1. The second-order valence-corrected chi connectivity index (χ2v) is 12.0. The van der Waals surface area contributed by atoms with Crippen molar-refractivity contribution in [2.24, 2.45) is 5.92 Å². The maximum absolute atomic E-state index is 11.5. The molecule has 36 heavy (non-hydrogen) atoms. The highest BCUT2D eigenvalue weighted by molar-refractivity contribution is 5.68. The highest BCUT2D eigenvalue weighted by atomic mass is 16.4. The van der Waals surface area contributed by atoms with Crippen molar-refractivity contribution in [3.63, 3.8) is 0 Å². The number of carboxylic acid groups (broad SMARTS) is 1. The Kier molecular flexibility index (Phi) is 11.0. The summed E-state index contributed by atoms with van der Waals surface area (Å²) in [5.74, 6) is 5.97. The van der Waals surface area contributed by atoms with E-state index >= 15 is 0 Å². The average molecular weight is 508 g/mol. The predicted octanol–water partition coefficient (Wildman–Crippen LogP) is 1.91. The molecule has 0 aliphatic carbocycles. The number of β-amino-alcohol motifs (C(OH)–C–C–N with tert-alkyl or cyclic N) is 1. The zero-order valence-corrected chi connectivity index (χ0v) is 22.3. The van der Waals surface area contributed by atoms with Crippen molar-refractivity contribution in [2.75, 3.05) is 13.1 Å². The number of carboxylic acids is 1. The molecular formula is C28H49N3O5. The lowest BCUT2D eigenvalue weighted by molar-refractivity contribution is -0.143. The third kappa shape index (κ3) is 9.59. The van der Waals surface area contributed by atoms with E-state index in [1.807, 2.05) is 6.92 Å². The second kappa shape index (κ2) is 13.5. The summed E-state index contributed by atoms with van der Waals surface area (Å²) in [6.07, 6.45) is 8.39. The van der Waals surface area contributed by atoms with Crippen molar-refractivity contribution in [3.8, 4) is 11.8 Å². The molecule has 8 atom stereocenters. The van der Waals surface area contributed by atoms with Gasteiger partial charge in [-0.2, -0.15) is 0 Å². The standard InChI is InChI=1S/C28H49N3O5/c1-20-25(33)12-10-22(31-20)9-11-24(32)16-21-6-3-4-13-28(36,18-26(34)35)19-30-27(2)14-15-29-23(17-27)8-5-7-21/h20-25,29-33,36H,3-4,6,8-19H2,1-2H3,(H,34,35)/t20-,21-,22+,23-,24-,25+,27-,28+/m0/s1. The Morgan fingerprint density at radius 1 is 1.19 bits per heavy atom. The van der Waals surface area contributed by atoms with Gasteiger partial charge in [0, 0.05) is 42.5 Å². The Labute approximate surface area is 217 Å². The Morgan fingerprint density at radius 3 is 2.75 bits per heavy atom. The number of rotatable bonds is 7. The van der Waals surface area contributed by atoms with Crippen molar-refractivity contribution in [1.29, 1.82) is 0 Å². The number of aliphatic hydroxyl groups is 3. The van der Waals surface area contributed by atoms with E-state index in [9.17, 15) is 25.2 Å². The molecule has 206 valence electrons. The highest BCUT2D eigenvalue weighted by Crippen LogP contribution is 2.27. The Balaban J connectivity index is 1.60. The van der Waals surface area contributed by atoms with Crippen LogP contribution in [0.3, 0.4) is 0 Å². The van der Waals surface area contributed by atoms with Crippen LogP contribution >= 0.6 is 0 Å². The second-order valence-electron chi connectivity index (χ2n) is 12.0. The largest absolute Gasteiger partial charge is 0.481 e. The summed E-state index contributed by atoms with van der Waals surface area (Å²) in [7, 11) is 0. The van der Waals surface area contributed by atoms with Gasteiger partial charge >= 0.3 is 5.97 Å². The topological polar surface area (TPSA) is 134 Å². The van der Waals surface area contributed by atoms with E-state index in [2.05, 4.69) is 34.7 Å². The number of fused-ring (bicyclic) bond motifs is 2. The summed E-state index contributed by atoms with van der Waals surface area (Å²) < 4.78 is 0. The van der Waals surface area contributed by atoms with Crippen LogP contribution in [0.1, 0.15) is 97.3 Å². The molecule has 0 aromatic carbocycles. The van der Waals surface area contributed by atoms with E-state index in [1.165, 1.54) is 0 Å². The van der Waals surface area contributed by atoms with Gasteiger partial charge in [0.2, 0.25) is 0 Å². The Morgan fingerprint density at radius 2 is 2.00 bits per heavy atom. The molecule has 2 bridgehead atoms. The summed E-state index contributed by atoms with van der Waals surface area (Å²) in [6, 6.07) is 0.677. The van der Waals surface area contributed by atoms with Gasteiger partial charge in [-0.1, -0.05) is 18.8 Å². The third-order valence-corrected chi connectivity index (χ3v) is 8.52. The van der Waals surface area contributed by atoms with Crippen LogP contribution in [0.25, 0.3) is 0 Å². The monoisotopic (exact) mass is 507 g/mol. The zero-order chi connectivity index (χ0) is 26.2. The number of piperidine rings is 2. The molecule has 0 radical (unpaired) electrons. The van der Waals surface area contributed by atoms with Crippen molar-refractivity contribution in [3.05, 3.63) is 0 Å². The molecule has 3 rings (SSSR count). The van der Waals surface area contributed by atoms with E-state index in [4.69, 9.17) is 0 Å². The number of carbonyl (C=O) groups is 1. The lowest BCUT2D eigenvalue weighted by Crippen LogP contribution is -2.57. The van der Waals surface area contributed by atoms with Gasteiger partial charge < -0.3 is 36.4 Å². The van der Waals surface area contributed by atoms with Gasteiger partial charge in [-0.25, -0.2) is 0 Å². The summed E-state index contributed by atoms with van der Waals surface area (Å²) in [6.45, 7) is 5.31. The summed E-state index contributed by atoms with van der Waals surface area (Å²) >= 11 is 0. The molecule has 8 heteroatoms. The molecule has 3 aliphatic rings. The number of nitrogens with one attached hydrogen (secondary N) is 3. The third-order valence-electron chi connectivity index (χ3n) is 8.52. The van der Waals surface area contributed by atoms with Crippen molar-refractivity contribution < 1.29 is 25.2 Å². The molecule has 3 heterocycles. The first-order valence-corrected chi connectivity index (χ1v) is 14.1. The summed E-state index contributed by atoms with van der Waals surface area (Å²) in [4.78, 5) is 11.5. The SMILES string of the molecule is C[C@@H]1N[C@H](CC[C@H](O)C[C@@H]2C#CC[C@H]3C[C@](C)(CCN3)NC[C@](O)(CC(=O)O)CCCC2)CC[C@H]1O. The van der Waals surface area contributed by atoms with Gasteiger partial charge in [0.25, 0.3) is 0 Å². The van der Waals surface area contributed by atoms with Crippen LogP contribution in [0.15, 0.2) is 0 Å². The zero-order valence-electron chi connectivity index (χ0n) is 22.3. The van der Waals surface area contributed by atoms with Gasteiger partial charge in [-0.3, -0.25) is 4.79 Å². The molecular weight excluding hydrogens is 458 g/mol. The number of aliphatic carboxylic acids is 1. The van der Waals surface area contributed by atoms with Crippen LogP contribution in [-0.2, 0) is 4.79 Å². The van der Waals surface area contributed by atoms with Gasteiger partial charge in [-0.05, 0) is 78.2 Å². The van der Waals surface area contributed by atoms with Crippen molar-refractivity contribution in [1.82, 2.24) is 16.0 Å².